The number of methoxy groups -OCH3 is 3. The van der Waals surface area contributed by atoms with Crippen molar-refractivity contribution >= 4 is 11.8 Å². The summed E-state index contributed by atoms with van der Waals surface area (Å²) in [4.78, 5) is 29.7. The van der Waals surface area contributed by atoms with Gasteiger partial charge in [-0.25, -0.2) is 0 Å². The second-order valence-electron chi connectivity index (χ2n) is 12.1. The van der Waals surface area contributed by atoms with E-state index in [1.165, 1.54) is 14.2 Å². The summed E-state index contributed by atoms with van der Waals surface area (Å²) >= 11 is 0. The molecular weight excluding hydrogens is 604 g/mol. The summed E-state index contributed by atoms with van der Waals surface area (Å²) in [6.45, 7) is 3.87. The molecular formula is C36H42N2O9. The molecule has 1 aliphatic carbocycles. The van der Waals surface area contributed by atoms with Crippen LogP contribution in [-0.2, 0) is 20.8 Å². The van der Waals surface area contributed by atoms with Crippen LogP contribution in [0.1, 0.15) is 49.3 Å². The second-order valence-corrected chi connectivity index (χ2v) is 12.1. The molecule has 6 atom stereocenters. The van der Waals surface area contributed by atoms with E-state index in [1.54, 1.807) is 68.3 Å². The quantitative estimate of drug-likeness (QED) is 0.315. The highest BCUT2D eigenvalue weighted by Crippen LogP contribution is 2.68. The van der Waals surface area contributed by atoms with Crippen molar-refractivity contribution in [3.05, 3.63) is 95.1 Å². The maximum Gasteiger partial charge on any atom is 0.248 e. The summed E-state index contributed by atoms with van der Waals surface area (Å²) in [6, 6.07) is 19.6. The number of carbonyl (C=O) groups excluding carboxylic acids is 2. The van der Waals surface area contributed by atoms with Gasteiger partial charge in [0.15, 0.2) is 5.60 Å². The fraction of sp³-hybridized carbons (Fsp3) is 0.389. The first-order valence-corrected chi connectivity index (χ1v) is 15.4. The largest absolute Gasteiger partial charge is 0.497 e. The smallest absolute Gasteiger partial charge is 0.248 e. The summed E-state index contributed by atoms with van der Waals surface area (Å²) in [5, 5.41) is 28.7. The molecule has 5 N–H and O–H groups in total. The van der Waals surface area contributed by atoms with E-state index < -0.39 is 41.2 Å². The van der Waals surface area contributed by atoms with Gasteiger partial charge in [-0.05, 0) is 49.9 Å². The van der Waals surface area contributed by atoms with Crippen LogP contribution >= 0.6 is 0 Å². The lowest BCUT2D eigenvalue weighted by Gasteiger charge is -2.45. The van der Waals surface area contributed by atoms with E-state index in [0.717, 1.165) is 0 Å². The standard InChI is InChI=1S/C36H40N2O8.H2O/c1-6-21(2)32(39)37-28-13-10-18-38(28)33(40)31-29(22-11-8-7-9-12-22)36(23-14-16-24(43-3)17-15-23)34(41)35(31,42)30-26(45-5)19-25(44-4)20-27(30)46-36;/h6-9,11-12,14-17,19-20,28-29,31,34,41-42H,10,13,18H2,1-5H3,(H,37,39);1H2/b21-6+;/t28-,29-,31+,34+,35+,36+;/m1./s1. The molecule has 2 bridgehead atoms. The monoisotopic (exact) mass is 646 g/mol. The zero-order valence-electron chi connectivity index (χ0n) is 27.2. The first-order valence-electron chi connectivity index (χ1n) is 15.4. The van der Waals surface area contributed by atoms with Gasteiger partial charge in [0.2, 0.25) is 11.8 Å². The first-order chi connectivity index (χ1) is 22.1. The lowest BCUT2D eigenvalue weighted by molar-refractivity contribution is -0.167. The molecule has 11 heteroatoms. The van der Waals surface area contributed by atoms with Crippen molar-refractivity contribution < 1.29 is 44.2 Å². The number of hydrogen-bond acceptors (Lipinski definition) is 8. The second kappa shape index (κ2) is 12.9. The van der Waals surface area contributed by atoms with Crippen LogP contribution in [0, 0.1) is 5.92 Å². The van der Waals surface area contributed by atoms with Crippen molar-refractivity contribution in [3.63, 3.8) is 0 Å². The van der Waals surface area contributed by atoms with Crippen LogP contribution in [0.25, 0.3) is 0 Å². The van der Waals surface area contributed by atoms with E-state index in [1.807, 2.05) is 30.3 Å². The lowest BCUT2D eigenvalue weighted by Crippen LogP contribution is -2.56. The van der Waals surface area contributed by atoms with Gasteiger partial charge in [0, 0.05) is 30.2 Å². The SMILES string of the molecule is C/C=C(\C)C(=O)N[C@H]1CCCN1C(=O)[C@@H]1[C@@H](c2ccccc2)[C@]2(c3ccc(OC)cc3)Oc3cc(OC)cc(OC)c3[C@@]1(O)[C@@H]2O.O. The molecule has 250 valence electrons. The average molecular weight is 647 g/mol. The zero-order chi connectivity index (χ0) is 32.8. The molecule has 1 saturated carbocycles. The highest BCUT2D eigenvalue weighted by atomic mass is 16.5. The van der Waals surface area contributed by atoms with E-state index >= 15 is 4.79 Å². The van der Waals surface area contributed by atoms with E-state index in [9.17, 15) is 15.0 Å². The van der Waals surface area contributed by atoms with Crippen molar-refractivity contribution in [2.75, 3.05) is 27.9 Å². The van der Waals surface area contributed by atoms with Crippen LogP contribution in [0.2, 0.25) is 0 Å². The Hall–Kier alpha value is -4.58. The van der Waals surface area contributed by atoms with E-state index in [-0.39, 0.29) is 28.4 Å². The minimum Gasteiger partial charge on any atom is -0.497 e. The predicted molar refractivity (Wildman–Crippen MR) is 173 cm³/mol. The summed E-state index contributed by atoms with van der Waals surface area (Å²) in [5.41, 5.74) is -1.88. The van der Waals surface area contributed by atoms with Crippen molar-refractivity contribution in [1.29, 1.82) is 0 Å². The number of aliphatic hydroxyl groups excluding tert-OH is 1. The van der Waals surface area contributed by atoms with Crippen LogP contribution in [-0.4, -0.2) is 72.5 Å². The molecule has 3 aromatic rings. The molecule has 2 aliphatic heterocycles. The van der Waals surface area contributed by atoms with Crippen LogP contribution in [0.5, 0.6) is 23.0 Å². The van der Waals surface area contributed by atoms with E-state index in [0.29, 0.717) is 47.6 Å². The van der Waals surface area contributed by atoms with Crippen molar-refractivity contribution in [1.82, 2.24) is 10.2 Å². The summed E-state index contributed by atoms with van der Waals surface area (Å²) in [5.74, 6) is -1.37. The number of carbonyl (C=O) groups is 2. The first kappa shape index (κ1) is 33.8. The summed E-state index contributed by atoms with van der Waals surface area (Å²) in [7, 11) is 4.52. The van der Waals surface area contributed by atoms with Crippen LogP contribution in [0.4, 0.5) is 0 Å². The minimum atomic E-state index is -2.18. The molecule has 47 heavy (non-hydrogen) atoms. The third kappa shape index (κ3) is 5.09. The Kier molecular flexibility index (Phi) is 9.27. The number of benzene rings is 3. The number of nitrogens with one attached hydrogen (secondary N) is 1. The van der Waals surface area contributed by atoms with Gasteiger partial charge in [-0.15, -0.1) is 0 Å². The minimum absolute atomic E-state index is 0. The molecule has 3 aromatic carbocycles. The molecule has 0 radical (unpaired) electrons. The van der Waals surface area contributed by atoms with Crippen LogP contribution in [0.15, 0.2) is 78.4 Å². The molecule has 0 spiro atoms. The number of nitrogens with zero attached hydrogens (tertiary/aromatic N) is 1. The molecule has 2 fully saturated rings. The number of allylic oxidation sites excluding steroid dienone is 1. The van der Waals surface area contributed by atoms with Gasteiger partial charge in [0.05, 0.1) is 32.8 Å². The molecule has 11 nitrogen and oxygen atoms in total. The van der Waals surface area contributed by atoms with E-state index in [2.05, 4.69) is 5.32 Å². The highest BCUT2D eigenvalue weighted by Gasteiger charge is 2.76. The van der Waals surface area contributed by atoms with E-state index in [4.69, 9.17) is 18.9 Å². The Morgan fingerprint density at radius 2 is 1.68 bits per heavy atom. The summed E-state index contributed by atoms with van der Waals surface area (Å²) in [6.07, 6.45) is 0.710. The number of fused-ring (bicyclic) bond motifs is 4. The van der Waals surface area contributed by atoms with Crippen molar-refractivity contribution in [2.24, 2.45) is 5.92 Å². The topological polar surface area (TPSA) is 158 Å². The van der Waals surface area contributed by atoms with Crippen molar-refractivity contribution in [3.8, 4) is 23.0 Å². The molecule has 0 unspecified atom stereocenters. The molecule has 1 saturated heterocycles. The van der Waals surface area contributed by atoms with Crippen LogP contribution in [0.3, 0.4) is 0 Å². The average Bonchev–Trinajstić information content (AvgIpc) is 3.59. The third-order valence-corrected chi connectivity index (χ3v) is 9.86. The molecule has 3 aliphatic rings. The van der Waals surface area contributed by atoms with Crippen molar-refractivity contribution in [2.45, 2.75) is 56.1 Å². The normalized spacial score (nSPS) is 27.6. The molecule has 2 heterocycles. The number of aliphatic hydroxyl groups is 2. The molecule has 0 aromatic heterocycles. The zero-order valence-corrected chi connectivity index (χ0v) is 27.2. The third-order valence-electron chi connectivity index (χ3n) is 9.86. The summed E-state index contributed by atoms with van der Waals surface area (Å²) < 4.78 is 23.6. The number of ether oxygens (including phenoxy) is 4. The fourth-order valence-corrected chi connectivity index (χ4v) is 7.52. The van der Waals surface area contributed by atoms with Gasteiger partial charge in [-0.1, -0.05) is 48.5 Å². The Balaban J connectivity index is 0.00000433. The van der Waals surface area contributed by atoms with Gasteiger partial charge in [-0.3, -0.25) is 9.59 Å². The Labute approximate surface area is 274 Å². The Bertz CT molecular complexity index is 1660. The predicted octanol–water partition coefficient (Wildman–Crippen LogP) is 3.17. The Morgan fingerprint density at radius 3 is 2.30 bits per heavy atom. The molecule has 2 amide bonds. The Morgan fingerprint density at radius 1 is 1.00 bits per heavy atom. The van der Waals surface area contributed by atoms with Gasteiger partial charge in [-0.2, -0.15) is 0 Å². The lowest BCUT2D eigenvalue weighted by atomic mass is 9.75. The number of rotatable bonds is 8. The maximum atomic E-state index is 15.1. The number of hydrogen-bond donors (Lipinski definition) is 3. The van der Waals surface area contributed by atoms with Gasteiger partial charge < -0.3 is 44.9 Å². The van der Waals surface area contributed by atoms with Crippen LogP contribution < -0.4 is 24.3 Å². The fourth-order valence-electron chi connectivity index (χ4n) is 7.52. The number of amides is 2. The van der Waals surface area contributed by atoms with Gasteiger partial charge in [0.25, 0.3) is 0 Å². The van der Waals surface area contributed by atoms with Gasteiger partial charge in [0.1, 0.15) is 40.9 Å². The molecule has 6 rings (SSSR count). The highest BCUT2D eigenvalue weighted by molar-refractivity contribution is 5.93. The maximum absolute atomic E-state index is 15.1. The number of likely N-dealkylation sites (tertiary alicyclic amines) is 1. The van der Waals surface area contributed by atoms with Gasteiger partial charge >= 0.3 is 0 Å².